The Balaban J connectivity index is 2.40. The van der Waals surface area contributed by atoms with E-state index in [0.29, 0.717) is 0 Å². The molecular formula is C10H10N2O3S. The van der Waals surface area contributed by atoms with E-state index >= 15 is 0 Å². The van der Waals surface area contributed by atoms with Crippen LogP contribution in [0.1, 0.15) is 5.69 Å². The molecule has 0 unspecified atom stereocenters. The highest BCUT2D eigenvalue weighted by atomic mass is 32.2. The Hall–Kier alpha value is -1.66. The molecule has 1 N–H and O–H groups in total. The third-order valence-electron chi connectivity index (χ3n) is 2.12. The molecule has 0 bridgehead atoms. The summed E-state index contributed by atoms with van der Waals surface area (Å²) in [5, 5.41) is 4.18. The van der Waals surface area contributed by atoms with Gasteiger partial charge in [-0.15, -0.1) is 0 Å². The molecule has 0 atom stereocenters. The number of hydrogen-bond donors (Lipinski definition) is 1. The highest BCUT2D eigenvalue weighted by molar-refractivity contribution is 7.85. The molecule has 0 saturated heterocycles. The Morgan fingerprint density at radius 3 is 2.25 bits per heavy atom. The van der Waals surface area contributed by atoms with Gasteiger partial charge in [0, 0.05) is 6.20 Å². The number of aromatic nitrogens is 2. The molecule has 1 aromatic carbocycles. The second kappa shape index (κ2) is 3.73. The molecule has 0 aliphatic heterocycles. The second-order valence-electron chi connectivity index (χ2n) is 3.37. The van der Waals surface area contributed by atoms with Crippen molar-refractivity contribution in [2.75, 3.05) is 0 Å². The first-order chi connectivity index (χ1) is 7.47. The number of benzene rings is 1. The monoisotopic (exact) mass is 238 g/mol. The van der Waals surface area contributed by atoms with Crippen LogP contribution in [0.3, 0.4) is 0 Å². The van der Waals surface area contributed by atoms with E-state index in [9.17, 15) is 8.42 Å². The maximum Gasteiger partial charge on any atom is 0.294 e. The van der Waals surface area contributed by atoms with E-state index in [1.807, 2.05) is 13.0 Å². The molecule has 2 rings (SSSR count). The van der Waals surface area contributed by atoms with Crippen LogP contribution in [0.5, 0.6) is 0 Å². The lowest BCUT2D eigenvalue weighted by Gasteiger charge is -2.02. The molecule has 0 saturated carbocycles. The van der Waals surface area contributed by atoms with Crippen LogP contribution in [0, 0.1) is 6.92 Å². The molecule has 84 valence electrons. The molecule has 1 aromatic heterocycles. The molecule has 0 radical (unpaired) electrons. The summed E-state index contributed by atoms with van der Waals surface area (Å²) in [6.45, 7) is 1.86. The van der Waals surface area contributed by atoms with Crippen molar-refractivity contribution in [2.45, 2.75) is 11.8 Å². The Morgan fingerprint density at radius 2 is 1.81 bits per heavy atom. The van der Waals surface area contributed by atoms with Crippen molar-refractivity contribution >= 4 is 10.1 Å². The van der Waals surface area contributed by atoms with Gasteiger partial charge in [-0.1, -0.05) is 0 Å². The van der Waals surface area contributed by atoms with Gasteiger partial charge in [-0.2, -0.15) is 13.5 Å². The van der Waals surface area contributed by atoms with E-state index in [-0.39, 0.29) is 4.90 Å². The van der Waals surface area contributed by atoms with Crippen LogP contribution >= 0.6 is 0 Å². The van der Waals surface area contributed by atoms with Crippen molar-refractivity contribution in [2.24, 2.45) is 0 Å². The molecule has 0 fully saturated rings. The molecule has 2 aromatic rings. The van der Waals surface area contributed by atoms with Crippen LogP contribution in [-0.2, 0) is 10.1 Å². The Kier molecular flexibility index (Phi) is 2.53. The zero-order chi connectivity index (χ0) is 11.8. The van der Waals surface area contributed by atoms with Crippen LogP contribution in [0.4, 0.5) is 0 Å². The molecule has 0 aliphatic rings. The quantitative estimate of drug-likeness (QED) is 0.803. The minimum Gasteiger partial charge on any atom is -0.282 e. The van der Waals surface area contributed by atoms with Gasteiger partial charge >= 0.3 is 0 Å². The number of nitrogens with zero attached hydrogens (tertiary/aromatic N) is 2. The second-order valence-corrected chi connectivity index (χ2v) is 4.79. The molecule has 5 nitrogen and oxygen atoms in total. The number of aryl methyl sites for hydroxylation is 1. The lowest BCUT2D eigenvalue weighted by molar-refractivity contribution is 0.483. The molecule has 6 heteroatoms. The van der Waals surface area contributed by atoms with Crippen molar-refractivity contribution in [1.82, 2.24) is 9.78 Å². The lowest BCUT2D eigenvalue weighted by Crippen LogP contribution is -1.99. The van der Waals surface area contributed by atoms with E-state index in [1.165, 1.54) is 12.1 Å². The highest BCUT2D eigenvalue weighted by Crippen LogP contribution is 2.13. The molecule has 0 aliphatic carbocycles. The van der Waals surface area contributed by atoms with Crippen molar-refractivity contribution < 1.29 is 13.0 Å². The lowest BCUT2D eigenvalue weighted by atomic mass is 10.3. The van der Waals surface area contributed by atoms with Crippen molar-refractivity contribution in [3.05, 3.63) is 42.2 Å². The summed E-state index contributed by atoms with van der Waals surface area (Å²) in [5.74, 6) is 0. The number of rotatable bonds is 2. The van der Waals surface area contributed by atoms with Gasteiger partial charge in [0.2, 0.25) is 0 Å². The molecule has 0 spiro atoms. The summed E-state index contributed by atoms with van der Waals surface area (Å²) in [6, 6.07) is 7.67. The van der Waals surface area contributed by atoms with E-state index < -0.39 is 10.1 Å². The fourth-order valence-corrected chi connectivity index (χ4v) is 1.81. The van der Waals surface area contributed by atoms with E-state index in [4.69, 9.17) is 4.55 Å². The SMILES string of the molecule is Cc1ccn(-c2ccc(S(=O)(=O)O)cc2)n1. The molecule has 0 amide bonds. The Morgan fingerprint density at radius 1 is 1.19 bits per heavy atom. The zero-order valence-corrected chi connectivity index (χ0v) is 9.35. The summed E-state index contributed by atoms with van der Waals surface area (Å²) in [5.41, 5.74) is 1.61. The van der Waals surface area contributed by atoms with Gasteiger partial charge < -0.3 is 0 Å². The van der Waals surface area contributed by atoms with Crippen LogP contribution < -0.4 is 0 Å². The zero-order valence-electron chi connectivity index (χ0n) is 8.53. The van der Waals surface area contributed by atoms with Gasteiger partial charge in [0.1, 0.15) is 0 Å². The number of hydrogen-bond acceptors (Lipinski definition) is 3. The van der Waals surface area contributed by atoms with Crippen LogP contribution in [0.15, 0.2) is 41.4 Å². The smallest absolute Gasteiger partial charge is 0.282 e. The van der Waals surface area contributed by atoms with Gasteiger partial charge in [0.25, 0.3) is 10.1 Å². The van der Waals surface area contributed by atoms with Gasteiger partial charge in [0.05, 0.1) is 16.3 Å². The summed E-state index contributed by atoms with van der Waals surface area (Å²) in [4.78, 5) is -0.125. The fourth-order valence-electron chi connectivity index (χ4n) is 1.33. The summed E-state index contributed by atoms with van der Waals surface area (Å²) in [6.07, 6.45) is 1.78. The van der Waals surface area contributed by atoms with E-state index in [0.717, 1.165) is 11.4 Å². The van der Waals surface area contributed by atoms with Crippen molar-refractivity contribution in [3.8, 4) is 5.69 Å². The Bertz CT molecular complexity index is 599. The maximum absolute atomic E-state index is 10.8. The largest absolute Gasteiger partial charge is 0.294 e. The van der Waals surface area contributed by atoms with E-state index in [2.05, 4.69) is 5.10 Å². The minimum atomic E-state index is -4.13. The van der Waals surface area contributed by atoms with E-state index in [1.54, 1.807) is 23.0 Å². The Labute approximate surface area is 93.1 Å². The predicted octanol–water partition coefficient (Wildman–Crippen LogP) is 1.43. The normalized spacial score (nSPS) is 11.6. The third-order valence-corrected chi connectivity index (χ3v) is 2.99. The summed E-state index contributed by atoms with van der Waals surface area (Å²) >= 11 is 0. The average molecular weight is 238 g/mol. The first kappa shape index (κ1) is 10.8. The van der Waals surface area contributed by atoms with Gasteiger partial charge in [-0.3, -0.25) is 4.55 Å². The van der Waals surface area contributed by atoms with Crippen LogP contribution in [0.2, 0.25) is 0 Å². The molecular weight excluding hydrogens is 228 g/mol. The summed E-state index contributed by atoms with van der Waals surface area (Å²) < 4.78 is 32.1. The molecule has 16 heavy (non-hydrogen) atoms. The molecule has 1 heterocycles. The topological polar surface area (TPSA) is 72.2 Å². The first-order valence-electron chi connectivity index (χ1n) is 4.57. The predicted molar refractivity (Wildman–Crippen MR) is 58.1 cm³/mol. The van der Waals surface area contributed by atoms with Gasteiger partial charge in [-0.05, 0) is 37.3 Å². The minimum absolute atomic E-state index is 0.125. The average Bonchev–Trinajstić information content (AvgIpc) is 2.64. The third kappa shape index (κ3) is 2.12. The van der Waals surface area contributed by atoms with Crippen LogP contribution in [0.25, 0.3) is 5.69 Å². The standard InChI is InChI=1S/C10H10N2O3S/c1-8-6-7-12(11-8)9-2-4-10(5-3-9)16(13,14)15/h2-7H,1H3,(H,13,14,15). The van der Waals surface area contributed by atoms with Gasteiger partial charge in [0.15, 0.2) is 0 Å². The van der Waals surface area contributed by atoms with Crippen LogP contribution in [-0.4, -0.2) is 22.8 Å². The van der Waals surface area contributed by atoms with Crippen molar-refractivity contribution in [1.29, 1.82) is 0 Å². The maximum atomic E-state index is 10.8. The van der Waals surface area contributed by atoms with Crippen molar-refractivity contribution in [3.63, 3.8) is 0 Å². The highest BCUT2D eigenvalue weighted by Gasteiger charge is 2.08. The fraction of sp³-hybridized carbons (Fsp3) is 0.100. The summed E-state index contributed by atoms with van der Waals surface area (Å²) in [7, 11) is -4.13. The first-order valence-corrected chi connectivity index (χ1v) is 6.01. The van der Waals surface area contributed by atoms with Gasteiger partial charge in [-0.25, -0.2) is 4.68 Å².